The molecule has 0 radical (unpaired) electrons. The minimum atomic E-state index is -0.468. The lowest BCUT2D eigenvalue weighted by molar-refractivity contribution is -0.227. The van der Waals surface area contributed by atoms with Crippen LogP contribution < -0.4 is 9.47 Å². The zero-order valence-electron chi connectivity index (χ0n) is 20.0. The van der Waals surface area contributed by atoms with Gasteiger partial charge in [0.25, 0.3) is 0 Å². The fraction of sp³-hybridized carbons (Fsp3) is 0.571. The van der Waals surface area contributed by atoms with Gasteiger partial charge in [-0.3, -0.25) is 4.74 Å². The smallest absolute Gasteiger partial charge is 0.233 e. The molecule has 0 saturated carbocycles. The number of rotatable bonds is 14. The van der Waals surface area contributed by atoms with E-state index in [9.17, 15) is 0 Å². The van der Waals surface area contributed by atoms with Crippen LogP contribution >= 0.6 is 46.4 Å². The molecule has 0 aromatic heterocycles. The summed E-state index contributed by atoms with van der Waals surface area (Å²) < 4.78 is 18.8. The van der Waals surface area contributed by atoms with Crippen molar-refractivity contribution in [2.75, 3.05) is 23.5 Å². The van der Waals surface area contributed by atoms with Gasteiger partial charge in [0.1, 0.15) is 11.5 Å². The summed E-state index contributed by atoms with van der Waals surface area (Å²) in [6, 6.07) is 12.7. The van der Waals surface area contributed by atoms with Crippen molar-refractivity contribution in [2.24, 2.45) is 11.8 Å². The van der Waals surface area contributed by atoms with Crippen LogP contribution in [0.4, 0.5) is 0 Å². The van der Waals surface area contributed by atoms with Crippen molar-refractivity contribution in [3.05, 3.63) is 58.7 Å². The van der Waals surface area contributed by atoms with E-state index in [1.165, 1.54) is 11.1 Å². The summed E-state index contributed by atoms with van der Waals surface area (Å²) in [6.07, 6.45) is 7.12. The molecule has 3 nitrogen and oxygen atoms in total. The van der Waals surface area contributed by atoms with Gasteiger partial charge >= 0.3 is 0 Å². The maximum Gasteiger partial charge on any atom is 0.233 e. The van der Waals surface area contributed by atoms with Gasteiger partial charge in [-0.1, -0.05) is 12.1 Å². The highest BCUT2D eigenvalue weighted by Crippen LogP contribution is 2.48. The summed E-state index contributed by atoms with van der Waals surface area (Å²) in [5.41, 5.74) is 4.37. The molecule has 2 aromatic rings. The molecule has 0 saturated heterocycles. The first-order chi connectivity index (χ1) is 17.1. The molecular weight excluding hydrogens is 526 g/mol. The Balaban J connectivity index is 1.48. The number of hydrogen-bond acceptors (Lipinski definition) is 3. The summed E-state index contributed by atoms with van der Waals surface area (Å²) >= 11 is 23.9. The van der Waals surface area contributed by atoms with Crippen LogP contribution in [-0.2, 0) is 17.6 Å². The van der Waals surface area contributed by atoms with Crippen molar-refractivity contribution < 1.29 is 14.2 Å². The normalized spacial score (nSPS) is 19.8. The Hall–Kier alpha value is -0.840. The Morgan fingerprint density at radius 1 is 0.600 bits per heavy atom. The predicted molar refractivity (Wildman–Crippen MR) is 146 cm³/mol. The van der Waals surface area contributed by atoms with E-state index in [0.29, 0.717) is 35.4 Å². The van der Waals surface area contributed by atoms with E-state index in [1.807, 2.05) is 12.1 Å². The number of fused-ring (bicyclic) bond motifs is 6. The number of alkyl halides is 4. The van der Waals surface area contributed by atoms with Crippen LogP contribution in [0, 0.1) is 11.8 Å². The third kappa shape index (κ3) is 7.14. The van der Waals surface area contributed by atoms with E-state index >= 15 is 0 Å². The Bertz CT molecular complexity index is 878. The van der Waals surface area contributed by atoms with Crippen LogP contribution in [0.3, 0.4) is 0 Å². The van der Waals surface area contributed by atoms with Crippen LogP contribution in [0.15, 0.2) is 36.4 Å². The van der Waals surface area contributed by atoms with Crippen molar-refractivity contribution in [2.45, 2.75) is 63.9 Å². The number of hydrogen-bond donors (Lipinski definition) is 0. The maximum atomic E-state index is 6.29. The molecule has 2 bridgehead atoms. The van der Waals surface area contributed by atoms with Crippen LogP contribution in [-0.4, -0.2) is 23.5 Å². The summed E-state index contributed by atoms with van der Waals surface area (Å²) in [7, 11) is 0. The molecule has 2 heterocycles. The van der Waals surface area contributed by atoms with Gasteiger partial charge in [-0.05, 0) is 98.6 Å². The molecular formula is C28H34Cl4O3. The topological polar surface area (TPSA) is 27.7 Å². The number of halogens is 4. The van der Waals surface area contributed by atoms with Gasteiger partial charge in [-0.15, -0.1) is 46.4 Å². The van der Waals surface area contributed by atoms with Gasteiger partial charge < -0.3 is 9.47 Å². The average Bonchev–Trinajstić information content (AvgIpc) is 2.87. The summed E-state index contributed by atoms with van der Waals surface area (Å²) in [4.78, 5) is 0. The number of benzene rings is 2. The highest BCUT2D eigenvalue weighted by atomic mass is 35.5. The molecule has 0 spiro atoms. The maximum absolute atomic E-state index is 6.29. The van der Waals surface area contributed by atoms with Gasteiger partial charge in [0.2, 0.25) is 12.6 Å². The summed E-state index contributed by atoms with van der Waals surface area (Å²) in [6.45, 7) is 0. The van der Waals surface area contributed by atoms with E-state index < -0.39 is 12.6 Å². The first-order valence-electron chi connectivity index (χ1n) is 12.6. The first-order valence-corrected chi connectivity index (χ1v) is 14.8. The molecule has 0 aliphatic carbocycles. The Morgan fingerprint density at radius 2 is 1.06 bits per heavy atom. The van der Waals surface area contributed by atoms with Crippen molar-refractivity contribution in [3.8, 4) is 11.5 Å². The second-order valence-electron chi connectivity index (χ2n) is 9.54. The minimum Gasteiger partial charge on any atom is -0.460 e. The van der Waals surface area contributed by atoms with Crippen LogP contribution in [0.2, 0.25) is 0 Å². The van der Waals surface area contributed by atoms with E-state index in [2.05, 4.69) is 24.3 Å². The van der Waals surface area contributed by atoms with Gasteiger partial charge in [0.05, 0.1) is 11.1 Å². The molecule has 4 atom stereocenters. The molecule has 35 heavy (non-hydrogen) atoms. The van der Waals surface area contributed by atoms with Crippen molar-refractivity contribution in [3.63, 3.8) is 0 Å². The van der Waals surface area contributed by atoms with Crippen LogP contribution in [0.25, 0.3) is 0 Å². The number of ether oxygens (including phenoxy) is 3. The Kier molecular flexibility index (Phi) is 10.6. The van der Waals surface area contributed by atoms with Crippen molar-refractivity contribution >= 4 is 46.4 Å². The van der Waals surface area contributed by atoms with Gasteiger partial charge in [-0.25, -0.2) is 0 Å². The average molecular weight is 560 g/mol. The lowest BCUT2D eigenvalue weighted by Gasteiger charge is -2.38. The molecule has 7 heteroatoms. The molecule has 2 aromatic carbocycles. The van der Waals surface area contributed by atoms with Gasteiger partial charge in [-0.2, -0.15) is 0 Å². The highest BCUT2D eigenvalue weighted by Gasteiger charge is 2.38. The Morgan fingerprint density at radius 3 is 1.46 bits per heavy atom. The van der Waals surface area contributed by atoms with Crippen LogP contribution in [0.5, 0.6) is 11.5 Å². The van der Waals surface area contributed by atoms with E-state index in [4.69, 9.17) is 60.6 Å². The SMILES string of the molecule is ClCCCC(CCCl)Cc1ccc2c(c1)C1Oc3ccc(CC(CCCl)CCCCl)cc3C(O2)O1. The third-order valence-corrected chi connectivity index (χ3v) is 7.92. The second kappa shape index (κ2) is 13.6. The standard InChI is InChI=1S/C28H34Cl4O3/c29-11-1-3-19(9-13-31)15-21-5-7-25-23(17-21)27-34-26-8-6-22(18-24(26)28(33-25)35-27)16-20(10-14-32)4-2-12-30/h5-8,17-20,27-28H,1-4,9-16H2. The Labute approximate surface area is 229 Å². The predicted octanol–water partition coefficient (Wildman–Crippen LogP) is 8.80. The van der Waals surface area contributed by atoms with E-state index in [1.54, 1.807) is 0 Å². The summed E-state index contributed by atoms with van der Waals surface area (Å²) in [5, 5.41) is 0. The second-order valence-corrected chi connectivity index (χ2v) is 11.0. The zero-order valence-corrected chi connectivity index (χ0v) is 23.0. The molecule has 4 rings (SSSR count). The molecule has 0 fully saturated rings. The van der Waals surface area contributed by atoms with Gasteiger partial charge in [0, 0.05) is 23.5 Å². The molecule has 192 valence electrons. The quantitative estimate of drug-likeness (QED) is 0.216. The van der Waals surface area contributed by atoms with Gasteiger partial charge in [0.15, 0.2) is 0 Å². The van der Waals surface area contributed by atoms with Crippen LogP contribution in [0.1, 0.15) is 73.4 Å². The fourth-order valence-electron chi connectivity index (χ4n) is 5.11. The molecule has 4 unspecified atom stereocenters. The summed E-state index contributed by atoms with van der Waals surface area (Å²) in [5.74, 6) is 5.37. The lowest BCUT2D eigenvalue weighted by Crippen LogP contribution is -2.30. The zero-order chi connectivity index (χ0) is 24.6. The molecule has 0 N–H and O–H groups in total. The highest BCUT2D eigenvalue weighted by molar-refractivity contribution is 6.18. The van der Waals surface area contributed by atoms with E-state index in [-0.39, 0.29) is 0 Å². The van der Waals surface area contributed by atoms with Crippen molar-refractivity contribution in [1.82, 2.24) is 0 Å². The van der Waals surface area contributed by atoms with E-state index in [0.717, 1.165) is 74.0 Å². The molecule has 2 aliphatic rings. The third-order valence-electron chi connectivity index (χ3n) is 6.95. The largest absolute Gasteiger partial charge is 0.460 e. The fourth-order valence-corrected chi connectivity index (χ4v) is 6.03. The lowest BCUT2D eigenvalue weighted by atomic mass is 9.91. The molecule has 0 amide bonds. The minimum absolute atomic E-state index is 0.468. The monoisotopic (exact) mass is 558 g/mol. The van der Waals surface area contributed by atoms with Crippen molar-refractivity contribution in [1.29, 1.82) is 0 Å². The molecule has 2 aliphatic heterocycles. The first kappa shape index (κ1) is 27.2.